The molecule has 5 rings (SSSR count). The maximum atomic E-state index is 14.1. The van der Waals surface area contributed by atoms with Crippen molar-refractivity contribution in [2.24, 2.45) is 0 Å². The first-order valence-corrected chi connectivity index (χ1v) is 13.5. The highest BCUT2D eigenvalue weighted by Crippen LogP contribution is 2.33. The Hall–Kier alpha value is -3.80. The SMILES string of the molecule is CSc1ccc(NC(=O)c2c(-c3ccccc3)c3cc(Cl)ccc3n(Cc3cccc(C)c3)c2=O)cc1. The molecule has 0 saturated carbocycles. The number of carbonyl (C=O) groups is 1. The molecule has 6 heteroatoms. The lowest BCUT2D eigenvalue weighted by atomic mass is 9.95. The van der Waals surface area contributed by atoms with Crippen LogP contribution in [0.15, 0.2) is 107 Å². The van der Waals surface area contributed by atoms with Gasteiger partial charge in [0.05, 0.1) is 12.1 Å². The van der Waals surface area contributed by atoms with Gasteiger partial charge in [-0.3, -0.25) is 9.59 Å². The molecule has 0 radical (unpaired) electrons. The number of rotatable bonds is 6. The van der Waals surface area contributed by atoms with Gasteiger partial charge in [0.2, 0.25) is 0 Å². The molecule has 0 spiro atoms. The molecule has 37 heavy (non-hydrogen) atoms. The van der Waals surface area contributed by atoms with E-state index in [0.717, 1.165) is 32.5 Å². The number of halogens is 1. The van der Waals surface area contributed by atoms with Crippen LogP contribution in [0.3, 0.4) is 0 Å². The van der Waals surface area contributed by atoms with Gasteiger partial charge in [-0.1, -0.05) is 71.8 Å². The predicted octanol–water partition coefficient (Wildman–Crippen LogP) is 7.65. The van der Waals surface area contributed by atoms with Crippen LogP contribution in [0.2, 0.25) is 5.02 Å². The zero-order valence-electron chi connectivity index (χ0n) is 20.5. The minimum atomic E-state index is -0.458. The number of nitrogens with one attached hydrogen (secondary N) is 1. The van der Waals surface area contributed by atoms with E-state index in [2.05, 4.69) is 5.32 Å². The summed E-state index contributed by atoms with van der Waals surface area (Å²) in [6.07, 6.45) is 2.00. The molecule has 5 aromatic rings. The van der Waals surface area contributed by atoms with Crippen LogP contribution >= 0.6 is 23.4 Å². The second-order valence-electron chi connectivity index (χ2n) is 8.84. The number of fused-ring (bicyclic) bond motifs is 1. The molecular formula is C31H25ClN2O2S. The summed E-state index contributed by atoms with van der Waals surface area (Å²) in [7, 11) is 0. The molecule has 0 atom stereocenters. The van der Waals surface area contributed by atoms with Crippen LogP contribution in [0.25, 0.3) is 22.0 Å². The summed E-state index contributed by atoms with van der Waals surface area (Å²) in [6, 6.07) is 30.6. The van der Waals surface area contributed by atoms with Gasteiger partial charge in [0.1, 0.15) is 5.56 Å². The third-order valence-electron chi connectivity index (χ3n) is 6.29. The van der Waals surface area contributed by atoms with Crippen molar-refractivity contribution in [2.45, 2.75) is 18.4 Å². The Balaban J connectivity index is 1.76. The standard InChI is InChI=1S/C31H25ClN2O2S/c1-20-7-6-8-21(17-20)19-34-27-16-11-23(32)18-26(27)28(22-9-4-3-5-10-22)29(31(34)36)30(35)33-24-12-14-25(37-2)15-13-24/h3-18H,19H2,1-2H3,(H,33,35). The number of nitrogens with zero attached hydrogens (tertiary/aromatic N) is 1. The van der Waals surface area contributed by atoms with Gasteiger partial charge in [0, 0.05) is 26.6 Å². The minimum absolute atomic E-state index is 0.0857. The third-order valence-corrected chi connectivity index (χ3v) is 7.27. The van der Waals surface area contributed by atoms with Gasteiger partial charge in [0.15, 0.2) is 0 Å². The van der Waals surface area contributed by atoms with Gasteiger partial charge in [-0.15, -0.1) is 11.8 Å². The lowest BCUT2D eigenvalue weighted by molar-refractivity contribution is 0.102. The highest BCUT2D eigenvalue weighted by atomic mass is 35.5. The van der Waals surface area contributed by atoms with Crippen LogP contribution in [0.5, 0.6) is 0 Å². The number of thioether (sulfide) groups is 1. The molecule has 1 N–H and O–H groups in total. The summed E-state index contributed by atoms with van der Waals surface area (Å²) in [5, 5.41) is 4.22. The van der Waals surface area contributed by atoms with Crippen molar-refractivity contribution < 1.29 is 4.79 Å². The van der Waals surface area contributed by atoms with Crippen molar-refractivity contribution in [1.29, 1.82) is 0 Å². The van der Waals surface area contributed by atoms with E-state index in [1.807, 2.05) is 104 Å². The largest absolute Gasteiger partial charge is 0.322 e. The van der Waals surface area contributed by atoms with Crippen LogP contribution in [-0.2, 0) is 6.54 Å². The summed E-state index contributed by atoms with van der Waals surface area (Å²) in [5.74, 6) is -0.458. The van der Waals surface area contributed by atoms with Crippen molar-refractivity contribution in [3.05, 3.63) is 129 Å². The van der Waals surface area contributed by atoms with Crippen LogP contribution in [0.4, 0.5) is 5.69 Å². The average Bonchev–Trinajstić information content (AvgIpc) is 2.91. The molecule has 184 valence electrons. The summed E-state index contributed by atoms with van der Waals surface area (Å²) in [5.41, 5.74) is 4.50. The minimum Gasteiger partial charge on any atom is -0.322 e. The van der Waals surface area contributed by atoms with E-state index in [-0.39, 0.29) is 11.1 Å². The second-order valence-corrected chi connectivity index (χ2v) is 10.2. The van der Waals surface area contributed by atoms with Gasteiger partial charge in [0.25, 0.3) is 11.5 Å². The fraction of sp³-hybridized carbons (Fsp3) is 0.0968. The van der Waals surface area contributed by atoms with E-state index < -0.39 is 5.91 Å². The molecule has 0 saturated heterocycles. The van der Waals surface area contributed by atoms with Crippen molar-refractivity contribution in [1.82, 2.24) is 4.57 Å². The van der Waals surface area contributed by atoms with E-state index in [1.54, 1.807) is 22.4 Å². The van der Waals surface area contributed by atoms with E-state index in [4.69, 9.17) is 11.6 Å². The molecule has 0 fully saturated rings. The van der Waals surface area contributed by atoms with Crippen LogP contribution in [0, 0.1) is 6.92 Å². The highest BCUT2D eigenvalue weighted by molar-refractivity contribution is 7.98. The quantitative estimate of drug-likeness (QED) is 0.232. The van der Waals surface area contributed by atoms with Crippen LogP contribution in [-0.4, -0.2) is 16.7 Å². The Labute approximate surface area is 224 Å². The highest BCUT2D eigenvalue weighted by Gasteiger charge is 2.24. The molecule has 1 heterocycles. The van der Waals surface area contributed by atoms with E-state index in [1.165, 1.54) is 0 Å². The molecule has 4 aromatic carbocycles. The van der Waals surface area contributed by atoms with Gasteiger partial charge < -0.3 is 9.88 Å². The molecule has 1 aromatic heterocycles. The number of pyridine rings is 1. The monoisotopic (exact) mass is 524 g/mol. The first-order valence-electron chi connectivity index (χ1n) is 11.9. The molecule has 0 aliphatic heterocycles. The number of aryl methyl sites for hydroxylation is 1. The number of hydrogen-bond acceptors (Lipinski definition) is 3. The molecule has 4 nitrogen and oxygen atoms in total. The summed E-state index contributed by atoms with van der Waals surface area (Å²) < 4.78 is 1.67. The third kappa shape index (κ3) is 5.19. The smallest absolute Gasteiger partial charge is 0.264 e. The maximum absolute atomic E-state index is 14.1. The van der Waals surface area contributed by atoms with E-state index in [9.17, 15) is 9.59 Å². The Morgan fingerprint density at radius 3 is 2.38 bits per heavy atom. The van der Waals surface area contributed by atoms with Crippen molar-refractivity contribution in [2.75, 3.05) is 11.6 Å². The molecular weight excluding hydrogens is 500 g/mol. The number of aromatic nitrogens is 1. The molecule has 0 unspecified atom stereocenters. The van der Waals surface area contributed by atoms with Gasteiger partial charge in [-0.05, 0) is 66.8 Å². The number of anilines is 1. The molecule has 0 bridgehead atoms. The first-order chi connectivity index (χ1) is 17.9. The molecule has 0 aliphatic carbocycles. The predicted molar refractivity (Wildman–Crippen MR) is 155 cm³/mol. The van der Waals surface area contributed by atoms with E-state index in [0.29, 0.717) is 22.8 Å². The number of benzene rings is 4. The van der Waals surface area contributed by atoms with Crippen LogP contribution < -0.4 is 10.9 Å². The van der Waals surface area contributed by atoms with Crippen molar-refractivity contribution in [3.8, 4) is 11.1 Å². The van der Waals surface area contributed by atoms with Crippen molar-refractivity contribution in [3.63, 3.8) is 0 Å². The average molecular weight is 525 g/mol. The van der Waals surface area contributed by atoms with Crippen LogP contribution in [0.1, 0.15) is 21.5 Å². The number of carbonyl (C=O) groups excluding carboxylic acids is 1. The lowest BCUT2D eigenvalue weighted by Gasteiger charge is -2.19. The molecule has 0 aliphatic rings. The fourth-order valence-corrected chi connectivity index (χ4v) is 5.14. The second kappa shape index (κ2) is 10.7. The normalized spacial score (nSPS) is 11.0. The summed E-state index contributed by atoms with van der Waals surface area (Å²) in [4.78, 5) is 29.0. The first kappa shape index (κ1) is 24.9. The van der Waals surface area contributed by atoms with E-state index >= 15 is 0 Å². The lowest BCUT2D eigenvalue weighted by Crippen LogP contribution is -2.31. The summed E-state index contributed by atoms with van der Waals surface area (Å²) >= 11 is 8.07. The zero-order valence-corrected chi connectivity index (χ0v) is 22.1. The Morgan fingerprint density at radius 2 is 1.68 bits per heavy atom. The molecule has 1 amide bonds. The van der Waals surface area contributed by atoms with Gasteiger partial charge in [-0.2, -0.15) is 0 Å². The maximum Gasteiger partial charge on any atom is 0.264 e. The summed E-state index contributed by atoms with van der Waals surface area (Å²) in [6.45, 7) is 2.35. The Bertz CT molecular complexity index is 1660. The number of hydrogen-bond donors (Lipinski definition) is 1. The topological polar surface area (TPSA) is 51.1 Å². The van der Waals surface area contributed by atoms with Crippen molar-refractivity contribution >= 4 is 45.9 Å². The number of amides is 1. The zero-order chi connectivity index (χ0) is 25.9. The van der Waals surface area contributed by atoms with Gasteiger partial charge >= 0.3 is 0 Å². The van der Waals surface area contributed by atoms with Gasteiger partial charge in [-0.25, -0.2) is 0 Å². The Morgan fingerprint density at radius 1 is 0.919 bits per heavy atom. The fourth-order valence-electron chi connectivity index (χ4n) is 4.56. The Kier molecular flexibility index (Phi) is 7.17.